The second-order valence-corrected chi connectivity index (χ2v) is 7.86. The van der Waals surface area contributed by atoms with E-state index in [4.69, 9.17) is 10.6 Å². The number of piperidine rings is 2. The van der Waals surface area contributed by atoms with Crippen molar-refractivity contribution in [2.45, 2.75) is 24.9 Å². The molecule has 2 bridgehead atoms. The first-order valence-corrected chi connectivity index (χ1v) is 9.28. The van der Waals surface area contributed by atoms with Crippen molar-refractivity contribution in [3.8, 4) is 11.5 Å². The minimum Gasteiger partial charge on any atom is -0.486 e. The summed E-state index contributed by atoms with van der Waals surface area (Å²) >= 11 is 0.479. The fourth-order valence-electron chi connectivity index (χ4n) is 3.67. The van der Waals surface area contributed by atoms with Crippen LogP contribution in [-0.4, -0.2) is 29.4 Å². The highest BCUT2D eigenvalue weighted by molar-refractivity contribution is 7.15. The van der Waals surface area contributed by atoms with Gasteiger partial charge in [-0.2, -0.15) is 32.2 Å². The van der Waals surface area contributed by atoms with Gasteiger partial charge in [0.25, 0.3) is 0 Å². The van der Waals surface area contributed by atoms with Gasteiger partial charge in [0, 0.05) is 24.9 Å². The van der Waals surface area contributed by atoms with Crippen molar-refractivity contribution in [1.29, 1.82) is 0 Å². The maximum Gasteiger partial charge on any atom is 0.445 e. The van der Waals surface area contributed by atoms with Gasteiger partial charge in [-0.1, -0.05) is 11.3 Å². The number of hydrogen-bond acceptors (Lipinski definition) is 7. The molecule has 3 aliphatic rings. The Labute approximate surface area is 164 Å². The summed E-state index contributed by atoms with van der Waals surface area (Å²) < 4.78 is 82.4. The number of ether oxygens (including phenoxy) is 1. The van der Waals surface area contributed by atoms with Gasteiger partial charge >= 0.3 is 12.4 Å². The molecule has 1 aromatic heterocycles. The van der Waals surface area contributed by atoms with Crippen molar-refractivity contribution < 1.29 is 35.9 Å². The van der Waals surface area contributed by atoms with E-state index in [9.17, 15) is 26.3 Å². The van der Waals surface area contributed by atoms with Crippen molar-refractivity contribution in [3.63, 3.8) is 0 Å². The first-order chi connectivity index (χ1) is 13.6. The van der Waals surface area contributed by atoms with Gasteiger partial charge in [-0.05, 0) is 24.6 Å². The lowest BCUT2D eigenvalue weighted by atomic mass is 9.68. The van der Waals surface area contributed by atoms with Crippen LogP contribution in [0.15, 0.2) is 18.2 Å². The summed E-state index contributed by atoms with van der Waals surface area (Å²) in [5, 5.41) is 5.99. The Bertz CT molecular complexity index is 890. The van der Waals surface area contributed by atoms with E-state index in [0.717, 1.165) is 24.6 Å². The van der Waals surface area contributed by atoms with Crippen LogP contribution in [0.2, 0.25) is 0 Å². The molecule has 5 rings (SSSR count). The average Bonchev–Trinajstić information content (AvgIpc) is 3.16. The van der Waals surface area contributed by atoms with Crippen LogP contribution in [0, 0.1) is 11.8 Å². The summed E-state index contributed by atoms with van der Waals surface area (Å²) in [7, 11) is 0. The minimum absolute atomic E-state index is 0.0140. The molecule has 1 saturated carbocycles. The van der Waals surface area contributed by atoms with Crippen LogP contribution < -0.4 is 20.4 Å². The number of fused-ring (bicyclic) bond motifs is 2. The number of aromatic nitrogens is 2. The van der Waals surface area contributed by atoms with Gasteiger partial charge in [0.05, 0.1) is 5.56 Å². The molecule has 1 aliphatic carbocycles. The number of nitrogens with two attached hydrogens (primary N) is 1. The number of anilines is 1. The van der Waals surface area contributed by atoms with E-state index in [1.165, 1.54) is 0 Å². The molecule has 1 aromatic carbocycles. The lowest BCUT2D eigenvalue weighted by molar-refractivity contribution is -0.138. The number of hydrogen-bond donors (Lipinski definition) is 1. The second-order valence-electron chi connectivity index (χ2n) is 6.91. The summed E-state index contributed by atoms with van der Waals surface area (Å²) in [5.74, 6) is 4.91. The highest BCUT2D eigenvalue weighted by atomic mass is 32.1. The monoisotopic (exact) mass is 440 g/mol. The van der Waals surface area contributed by atoms with Gasteiger partial charge in [0.1, 0.15) is 6.10 Å². The Morgan fingerprint density at radius 3 is 2.24 bits per heavy atom. The molecule has 13 heteroatoms. The van der Waals surface area contributed by atoms with Crippen molar-refractivity contribution in [1.82, 2.24) is 10.2 Å². The summed E-state index contributed by atoms with van der Waals surface area (Å²) in [6.45, 7) is 0.820. The Hall–Kier alpha value is -2.28. The molecule has 0 spiro atoms. The van der Waals surface area contributed by atoms with Crippen molar-refractivity contribution in [2.24, 2.45) is 17.7 Å². The van der Waals surface area contributed by atoms with Crippen molar-refractivity contribution in [3.05, 3.63) is 28.8 Å². The fourth-order valence-corrected chi connectivity index (χ4v) is 4.40. The Kier molecular flexibility index (Phi) is 4.76. The van der Waals surface area contributed by atoms with Gasteiger partial charge < -0.3 is 14.5 Å². The van der Waals surface area contributed by atoms with Gasteiger partial charge in [-0.3, -0.25) is 0 Å². The van der Waals surface area contributed by atoms with Gasteiger partial charge in [0.2, 0.25) is 10.1 Å². The molecule has 0 amide bonds. The van der Waals surface area contributed by atoms with Gasteiger partial charge in [-0.25, -0.2) is 0 Å². The van der Waals surface area contributed by atoms with E-state index in [1.54, 1.807) is 4.90 Å². The third-order valence-electron chi connectivity index (χ3n) is 5.03. The summed E-state index contributed by atoms with van der Waals surface area (Å²) in [4.78, 5) is 6.26. The summed E-state index contributed by atoms with van der Waals surface area (Å²) in [6, 6.07) is 2.78. The van der Waals surface area contributed by atoms with Crippen LogP contribution in [0.3, 0.4) is 0 Å². The molecular weight excluding hydrogens is 426 g/mol. The number of benzene rings is 1. The SMILES string of the molecule is NOc1cc(C(F)(F)F)ccc1OC1C2CC1CN(c1nnc(C(F)(F)F)s1)C2. The molecular formula is C16H14F6N4O2S. The van der Waals surface area contributed by atoms with E-state index in [0.29, 0.717) is 24.4 Å². The molecule has 0 radical (unpaired) electrons. The molecule has 2 aromatic rings. The van der Waals surface area contributed by atoms with E-state index in [2.05, 4.69) is 15.0 Å². The molecule has 2 N–H and O–H groups in total. The molecule has 3 fully saturated rings. The van der Waals surface area contributed by atoms with Crippen LogP contribution in [-0.2, 0) is 12.4 Å². The normalized spacial score (nSPS) is 24.2. The topological polar surface area (TPSA) is 73.5 Å². The number of rotatable bonds is 4. The van der Waals surface area contributed by atoms with Crippen LogP contribution in [0.4, 0.5) is 31.5 Å². The minimum atomic E-state index is -4.55. The first-order valence-electron chi connectivity index (χ1n) is 8.46. The maximum atomic E-state index is 12.8. The first kappa shape index (κ1) is 20.0. The summed E-state index contributed by atoms with van der Waals surface area (Å²) in [5.41, 5.74) is -0.915. The van der Waals surface area contributed by atoms with Crippen LogP contribution in [0.5, 0.6) is 11.5 Å². The van der Waals surface area contributed by atoms with Gasteiger partial charge in [0.15, 0.2) is 11.5 Å². The largest absolute Gasteiger partial charge is 0.486 e. The number of nitrogens with zero attached hydrogens (tertiary/aromatic N) is 3. The standard InChI is InChI=1S/C16H14F6N4O2S/c17-15(18,19)9-1-2-10(11(4-9)28-23)27-12-7-3-8(12)6-26(5-7)14-25-24-13(29-14)16(20,21)22/h1-2,4,7-8,12H,3,5-6,23H2. The van der Waals surface area contributed by atoms with Crippen molar-refractivity contribution in [2.75, 3.05) is 18.0 Å². The Balaban J connectivity index is 1.44. The van der Waals surface area contributed by atoms with Crippen LogP contribution in [0.25, 0.3) is 0 Å². The molecule has 158 valence electrons. The molecule has 2 saturated heterocycles. The van der Waals surface area contributed by atoms with Crippen LogP contribution >= 0.6 is 11.3 Å². The quantitative estimate of drug-likeness (QED) is 0.577. The highest BCUT2D eigenvalue weighted by Crippen LogP contribution is 2.46. The van der Waals surface area contributed by atoms with E-state index in [-0.39, 0.29) is 34.6 Å². The molecule has 29 heavy (non-hydrogen) atoms. The Morgan fingerprint density at radius 1 is 1.00 bits per heavy atom. The molecule has 2 atom stereocenters. The van der Waals surface area contributed by atoms with Gasteiger partial charge in [-0.15, -0.1) is 10.2 Å². The predicted octanol–water partition coefficient (Wildman–Crippen LogP) is 3.73. The molecule has 6 nitrogen and oxygen atoms in total. The smallest absolute Gasteiger partial charge is 0.445 e. The lowest BCUT2D eigenvalue weighted by Gasteiger charge is -2.52. The van der Waals surface area contributed by atoms with E-state index in [1.807, 2.05) is 0 Å². The predicted molar refractivity (Wildman–Crippen MR) is 89.4 cm³/mol. The van der Waals surface area contributed by atoms with E-state index < -0.39 is 22.9 Å². The maximum absolute atomic E-state index is 12.8. The van der Waals surface area contributed by atoms with E-state index >= 15 is 0 Å². The van der Waals surface area contributed by atoms with Crippen molar-refractivity contribution >= 4 is 16.5 Å². The average molecular weight is 440 g/mol. The fraction of sp³-hybridized carbons (Fsp3) is 0.500. The highest BCUT2D eigenvalue weighted by Gasteiger charge is 2.50. The zero-order valence-corrected chi connectivity index (χ0v) is 15.3. The second kappa shape index (κ2) is 6.90. The van der Waals surface area contributed by atoms with Crippen LogP contribution in [0.1, 0.15) is 17.0 Å². The molecule has 2 aliphatic heterocycles. The molecule has 3 heterocycles. The number of alkyl halides is 6. The third-order valence-corrected chi connectivity index (χ3v) is 6.06. The zero-order chi connectivity index (χ0) is 21.0. The lowest BCUT2D eigenvalue weighted by Crippen LogP contribution is -2.60. The number of halogens is 6. The third kappa shape index (κ3) is 3.80. The Morgan fingerprint density at radius 2 is 1.69 bits per heavy atom. The molecule has 2 unspecified atom stereocenters. The summed E-state index contributed by atoms with van der Waals surface area (Å²) in [6.07, 6.45) is -8.59. The zero-order valence-electron chi connectivity index (χ0n) is 14.5.